The predicted octanol–water partition coefficient (Wildman–Crippen LogP) is 1.58. The number of nitrogen functional groups attached to an aromatic ring is 2. The minimum Gasteiger partial charge on any atom is -0.382 e. The summed E-state index contributed by atoms with van der Waals surface area (Å²) in [5, 5.41) is 16.0. The first-order valence-electron chi connectivity index (χ1n) is 10.0. The van der Waals surface area contributed by atoms with Crippen LogP contribution in [0.2, 0.25) is 5.02 Å². The van der Waals surface area contributed by atoms with Crippen LogP contribution in [-0.2, 0) is 0 Å². The summed E-state index contributed by atoms with van der Waals surface area (Å²) in [5.41, 5.74) is 11.0. The molecule has 3 aromatic rings. The van der Waals surface area contributed by atoms with E-state index in [2.05, 4.69) is 25.6 Å². The molecule has 2 aromatic heterocycles. The van der Waals surface area contributed by atoms with Crippen molar-refractivity contribution in [3.63, 3.8) is 0 Å². The number of anilines is 3. The van der Waals surface area contributed by atoms with E-state index in [0.717, 1.165) is 13.1 Å². The fourth-order valence-corrected chi connectivity index (χ4v) is 4.82. The minimum absolute atomic E-state index is 0.0162. The van der Waals surface area contributed by atoms with Crippen LogP contribution in [-0.4, -0.2) is 32.6 Å². The van der Waals surface area contributed by atoms with Crippen molar-refractivity contribution in [1.82, 2.24) is 24.8 Å². The number of hydrogen-bond donors (Lipinski definition) is 4. The van der Waals surface area contributed by atoms with Crippen molar-refractivity contribution in [2.24, 2.45) is 11.8 Å². The van der Waals surface area contributed by atoms with Gasteiger partial charge in [0.05, 0.1) is 16.5 Å². The second-order valence-electron chi connectivity index (χ2n) is 8.04. The highest BCUT2D eigenvalue weighted by Crippen LogP contribution is 2.52. The molecule has 2 aliphatic rings. The molecule has 0 spiro atoms. The summed E-state index contributed by atoms with van der Waals surface area (Å²) in [5.74, 6) is 0.154. The van der Waals surface area contributed by atoms with Crippen LogP contribution in [0.5, 0.6) is 0 Å². The molecular formula is C20H19ClFN9O. The van der Waals surface area contributed by atoms with Crippen LogP contribution in [0.3, 0.4) is 0 Å². The molecule has 0 amide bonds. The standard InChI is InChI=1S/C20H19ClFN9O/c1-7(27-17-8(4-23)16(24)29-20(25)30-17)18-28-14-12(22)3-2-11(21)13(14)19(32)31(18)15-9-5-26-6-10(9)15/h2-3,7,9-10,15,26H,5-6H2,1H3,(H5,24,25,27,29,30)/t7-,9?,10?,15?/m0/s1. The number of nitrogens with zero attached hydrogens (tertiary/aromatic N) is 5. The maximum Gasteiger partial charge on any atom is 0.263 e. The van der Waals surface area contributed by atoms with Gasteiger partial charge in [-0.2, -0.15) is 15.2 Å². The Morgan fingerprint density at radius 2 is 2.03 bits per heavy atom. The van der Waals surface area contributed by atoms with E-state index in [9.17, 15) is 14.4 Å². The maximum atomic E-state index is 14.6. The summed E-state index contributed by atoms with van der Waals surface area (Å²) < 4.78 is 16.2. The Labute approximate surface area is 186 Å². The van der Waals surface area contributed by atoms with Crippen LogP contribution in [0.15, 0.2) is 16.9 Å². The first-order valence-corrected chi connectivity index (χ1v) is 10.4. The molecule has 2 fully saturated rings. The Morgan fingerprint density at radius 1 is 1.31 bits per heavy atom. The van der Waals surface area contributed by atoms with Crippen LogP contribution in [0, 0.1) is 29.0 Å². The quantitative estimate of drug-likeness (QED) is 0.457. The van der Waals surface area contributed by atoms with Crippen LogP contribution in [0.25, 0.3) is 10.9 Å². The molecule has 3 heterocycles. The lowest BCUT2D eigenvalue weighted by Gasteiger charge is -2.22. The van der Waals surface area contributed by atoms with Crippen LogP contribution in [0.4, 0.5) is 22.0 Å². The largest absolute Gasteiger partial charge is 0.382 e. The van der Waals surface area contributed by atoms with Gasteiger partial charge in [-0.1, -0.05) is 11.6 Å². The highest BCUT2D eigenvalue weighted by atomic mass is 35.5. The highest BCUT2D eigenvalue weighted by Gasteiger charge is 2.55. The highest BCUT2D eigenvalue weighted by molar-refractivity contribution is 6.35. The van der Waals surface area contributed by atoms with Crippen molar-refractivity contribution in [1.29, 1.82) is 5.26 Å². The molecule has 2 unspecified atom stereocenters. The topological polar surface area (TPSA) is 161 Å². The van der Waals surface area contributed by atoms with E-state index in [0.29, 0.717) is 5.82 Å². The predicted molar refractivity (Wildman–Crippen MR) is 117 cm³/mol. The number of benzene rings is 1. The number of fused-ring (bicyclic) bond motifs is 2. The number of nitrogens with one attached hydrogen (secondary N) is 2. The smallest absolute Gasteiger partial charge is 0.263 e. The van der Waals surface area contributed by atoms with Crippen molar-refractivity contribution >= 4 is 40.1 Å². The van der Waals surface area contributed by atoms with Gasteiger partial charge in [-0.25, -0.2) is 9.37 Å². The van der Waals surface area contributed by atoms with Crippen LogP contribution in [0.1, 0.15) is 30.4 Å². The summed E-state index contributed by atoms with van der Waals surface area (Å²) in [7, 11) is 0. The Balaban J connectivity index is 1.67. The second kappa shape index (κ2) is 7.29. The molecule has 6 N–H and O–H groups in total. The fourth-order valence-electron chi connectivity index (χ4n) is 4.59. The SMILES string of the molecule is C[C@H](Nc1nc(N)nc(N)c1C#N)c1nc2c(F)ccc(Cl)c2c(=O)n1C1C2CNCC21. The zero-order valence-electron chi connectivity index (χ0n) is 16.9. The van der Waals surface area contributed by atoms with Gasteiger partial charge in [-0.15, -0.1) is 0 Å². The number of piperidine rings is 1. The second-order valence-corrected chi connectivity index (χ2v) is 8.45. The molecule has 0 bridgehead atoms. The molecule has 12 heteroatoms. The zero-order chi connectivity index (χ0) is 22.7. The third-order valence-electron chi connectivity index (χ3n) is 6.13. The van der Waals surface area contributed by atoms with Gasteiger partial charge in [0.25, 0.3) is 5.56 Å². The number of aromatic nitrogens is 4. The number of rotatable bonds is 4. The van der Waals surface area contributed by atoms with Gasteiger partial charge in [0, 0.05) is 19.1 Å². The summed E-state index contributed by atoms with van der Waals surface area (Å²) in [6.45, 7) is 3.31. The molecule has 1 aliphatic carbocycles. The summed E-state index contributed by atoms with van der Waals surface area (Å²) in [6.07, 6.45) is 0. The van der Waals surface area contributed by atoms with E-state index < -0.39 is 17.4 Å². The summed E-state index contributed by atoms with van der Waals surface area (Å²) >= 11 is 6.26. The third-order valence-corrected chi connectivity index (χ3v) is 6.45. The maximum absolute atomic E-state index is 14.6. The van der Waals surface area contributed by atoms with Crippen molar-refractivity contribution in [2.45, 2.75) is 19.0 Å². The van der Waals surface area contributed by atoms with Crippen LogP contribution >= 0.6 is 11.6 Å². The van der Waals surface area contributed by atoms with E-state index in [1.54, 1.807) is 11.5 Å². The van der Waals surface area contributed by atoms with E-state index in [4.69, 9.17) is 23.1 Å². The Hall–Kier alpha value is -3.49. The molecule has 0 radical (unpaired) electrons. The molecule has 10 nitrogen and oxygen atoms in total. The lowest BCUT2D eigenvalue weighted by Crippen LogP contribution is -2.31. The number of nitriles is 1. The van der Waals surface area contributed by atoms with E-state index in [1.165, 1.54) is 12.1 Å². The van der Waals surface area contributed by atoms with Crippen LogP contribution < -0.4 is 27.7 Å². The molecule has 1 aliphatic heterocycles. The van der Waals surface area contributed by atoms with Crippen molar-refractivity contribution in [3.05, 3.63) is 44.7 Å². The van der Waals surface area contributed by atoms with Gasteiger partial charge in [-0.3, -0.25) is 9.36 Å². The average molecular weight is 456 g/mol. The Morgan fingerprint density at radius 3 is 2.72 bits per heavy atom. The van der Waals surface area contributed by atoms with Gasteiger partial charge in [-0.05, 0) is 30.9 Å². The van der Waals surface area contributed by atoms with Gasteiger partial charge >= 0.3 is 0 Å². The molecule has 5 rings (SSSR count). The molecule has 164 valence electrons. The average Bonchev–Trinajstić information content (AvgIpc) is 3.18. The van der Waals surface area contributed by atoms with Crippen molar-refractivity contribution in [2.75, 3.05) is 29.9 Å². The van der Waals surface area contributed by atoms with E-state index in [1.807, 2.05) is 6.07 Å². The van der Waals surface area contributed by atoms with Gasteiger partial charge in [0.15, 0.2) is 5.82 Å². The van der Waals surface area contributed by atoms with Crippen molar-refractivity contribution < 1.29 is 4.39 Å². The van der Waals surface area contributed by atoms with Gasteiger partial charge in [0.1, 0.15) is 34.6 Å². The van der Waals surface area contributed by atoms with Gasteiger partial charge < -0.3 is 22.1 Å². The summed E-state index contributed by atoms with van der Waals surface area (Å²) in [4.78, 5) is 25.9. The first-order chi connectivity index (χ1) is 15.3. The molecule has 1 aromatic carbocycles. The normalized spacial score (nSPS) is 22.4. The third kappa shape index (κ3) is 3.03. The zero-order valence-corrected chi connectivity index (χ0v) is 17.7. The minimum atomic E-state index is -0.645. The van der Waals surface area contributed by atoms with E-state index >= 15 is 0 Å². The molecule has 3 atom stereocenters. The molecular weight excluding hydrogens is 437 g/mol. The van der Waals surface area contributed by atoms with Crippen molar-refractivity contribution in [3.8, 4) is 6.07 Å². The lowest BCUT2D eigenvalue weighted by atomic mass is 10.2. The molecule has 1 saturated carbocycles. The number of hydrogen-bond acceptors (Lipinski definition) is 9. The first kappa shape index (κ1) is 20.4. The number of nitrogens with two attached hydrogens (primary N) is 2. The summed E-state index contributed by atoms with van der Waals surface area (Å²) in [6, 6.07) is 3.77. The lowest BCUT2D eigenvalue weighted by molar-refractivity contribution is 0.517. The number of halogens is 2. The Bertz CT molecular complexity index is 1360. The Kier molecular flexibility index (Phi) is 4.65. The fraction of sp³-hybridized carbons (Fsp3) is 0.350. The monoisotopic (exact) mass is 455 g/mol. The molecule has 1 saturated heterocycles. The molecule has 32 heavy (non-hydrogen) atoms. The van der Waals surface area contributed by atoms with Gasteiger partial charge in [0.2, 0.25) is 5.95 Å². The van der Waals surface area contributed by atoms with E-state index in [-0.39, 0.29) is 57.0 Å².